The maximum atomic E-state index is 13.2. The lowest BCUT2D eigenvalue weighted by Crippen LogP contribution is -2.32. The first-order valence-corrected chi connectivity index (χ1v) is 10.6. The van der Waals surface area contributed by atoms with Crippen LogP contribution in [0.1, 0.15) is 31.7 Å². The third kappa shape index (κ3) is 4.17. The Hall–Kier alpha value is -1.90. The molecule has 0 atom stereocenters. The van der Waals surface area contributed by atoms with Crippen LogP contribution in [-0.4, -0.2) is 53.9 Å². The summed E-state index contributed by atoms with van der Waals surface area (Å²) >= 11 is 0. The fraction of sp³-hybridized carbons (Fsp3) is 0.526. The molecule has 1 aliphatic rings. The molecule has 0 saturated carbocycles. The Morgan fingerprint density at radius 2 is 2.07 bits per heavy atom. The minimum Gasteiger partial charge on any atom is -0.497 e. The number of rotatable bonds is 6. The number of methoxy groups -OCH3 is 1. The monoisotopic (exact) mass is 392 g/mol. The van der Waals surface area contributed by atoms with E-state index in [2.05, 4.69) is 35.3 Å². The van der Waals surface area contributed by atoms with E-state index in [-0.39, 0.29) is 4.90 Å². The highest BCUT2D eigenvalue weighted by Crippen LogP contribution is 2.25. The fourth-order valence-corrected chi connectivity index (χ4v) is 4.63. The van der Waals surface area contributed by atoms with E-state index < -0.39 is 10.0 Å². The topological polar surface area (TPSA) is 67.7 Å². The van der Waals surface area contributed by atoms with Crippen molar-refractivity contribution in [3.63, 3.8) is 0 Å². The molecular weight excluding hydrogens is 364 g/mol. The van der Waals surface area contributed by atoms with Crippen LogP contribution in [0.5, 0.6) is 5.75 Å². The zero-order valence-electron chi connectivity index (χ0n) is 16.4. The van der Waals surface area contributed by atoms with Crippen LogP contribution in [0.15, 0.2) is 35.5 Å². The zero-order valence-corrected chi connectivity index (χ0v) is 17.2. The molecule has 2 aromatic rings. The third-order valence-corrected chi connectivity index (χ3v) is 6.97. The molecule has 0 spiro atoms. The van der Waals surface area contributed by atoms with Crippen LogP contribution in [-0.2, 0) is 29.7 Å². The first-order valence-electron chi connectivity index (χ1n) is 9.20. The number of hydrogen-bond donors (Lipinski definition) is 0. The number of hydrogen-bond acceptors (Lipinski definition) is 5. The van der Waals surface area contributed by atoms with Crippen molar-refractivity contribution in [3.8, 4) is 5.75 Å². The smallest absolute Gasteiger partial charge is 0.243 e. The zero-order chi connectivity index (χ0) is 19.6. The van der Waals surface area contributed by atoms with Gasteiger partial charge in [0.25, 0.3) is 0 Å². The van der Waals surface area contributed by atoms with Crippen LogP contribution in [0.4, 0.5) is 0 Å². The van der Waals surface area contributed by atoms with Crippen molar-refractivity contribution in [1.82, 2.24) is 18.8 Å². The van der Waals surface area contributed by atoms with Crippen LogP contribution in [0.3, 0.4) is 0 Å². The molecule has 1 aliphatic heterocycles. The van der Waals surface area contributed by atoms with Crippen LogP contribution < -0.4 is 4.74 Å². The average Bonchev–Trinajstić information content (AvgIpc) is 2.89. The Kier molecular flexibility index (Phi) is 5.88. The molecule has 0 bridgehead atoms. The highest BCUT2D eigenvalue weighted by molar-refractivity contribution is 7.89. The van der Waals surface area contributed by atoms with Gasteiger partial charge in [-0.1, -0.05) is 6.07 Å². The van der Waals surface area contributed by atoms with Gasteiger partial charge in [0, 0.05) is 31.7 Å². The Bertz CT molecular complexity index is 892. The normalized spacial score (nSPS) is 15.8. The molecule has 148 valence electrons. The summed E-state index contributed by atoms with van der Waals surface area (Å²) in [7, 11) is -0.0126. The first-order chi connectivity index (χ1) is 12.8. The molecule has 0 radical (unpaired) electrons. The summed E-state index contributed by atoms with van der Waals surface area (Å²) in [4.78, 5) is 7.02. The summed E-state index contributed by atoms with van der Waals surface area (Å²) < 4.78 is 35.3. The predicted octanol–water partition coefficient (Wildman–Crippen LogP) is 2.33. The third-order valence-electron chi connectivity index (χ3n) is 5.13. The Morgan fingerprint density at radius 1 is 1.30 bits per heavy atom. The molecule has 0 unspecified atom stereocenters. The van der Waals surface area contributed by atoms with Gasteiger partial charge >= 0.3 is 0 Å². The largest absolute Gasteiger partial charge is 0.497 e. The van der Waals surface area contributed by atoms with Crippen molar-refractivity contribution in [2.75, 3.05) is 20.7 Å². The van der Waals surface area contributed by atoms with E-state index in [0.717, 1.165) is 24.4 Å². The minimum absolute atomic E-state index is 0.260. The molecular formula is C19H28N4O3S. The Labute approximate surface area is 161 Å². The van der Waals surface area contributed by atoms with Crippen LogP contribution in [0, 0.1) is 0 Å². The summed E-state index contributed by atoms with van der Waals surface area (Å²) in [6.07, 6.45) is 2.59. The second-order valence-electron chi connectivity index (χ2n) is 7.21. The molecule has 27 heavy (non-hydrogen) atoms. The molecule has 2 heterocycles. The molecule has 1 aromatic carbocycles. The van der Waals surface area contributed by atoms with Gasteiger partial charge in [-0.15, -0.1) is 0 Å². The van der Waals surface area contributed by atoms with Gasteiger partial charge in [-0.05, 0) is 39.4 Å². The summed E-state index contributed by atoms with van der Waals surface area (Å²) in [5.41, 5.74) is 1.92. The van der Waals surface area contributed by atoms with Crippen molar-refractivity contribution in [2.24, 2.45) is 0 Å². The number of nitrogens with zero attached hydrogens (tertiary/aromatic N) is 4. The quantitative estimate of drug-likeness (QED) is 0.755. The van der Waals surface area contributed by atoms with Gasteiger partial charge in [-0.2, -0.15) is 4.31 Å². The SMILES string of the molecule is COc1cccc(S(=O)(=O)N2CCCn3cnc(CN(C)C(C)C)c3C2)c1. The van der Waals surface area contributed by atoms with Crippen molar-refractivity contribution < 1.29 is 13.2 Å². The van der Waals surface area contributed by atoms with E-state index in [4.69, 9.17) is 4.74 Å². The second-order valence-corrected chi connectivity index (χ2v) is 9.15. The van der Waals surface area contributed by atoms with E-state index in [0.29, 0.717) is 31.4 Å². The maximum Gasteiger partial charge on any atom is 0.243 e. The molecule has 1 aromatic heterocycles. The maximum absolute atomic E-state index is 13.2. The van der Waals surface area contributed by atoms with E-state index in [1.54, 1.807) is 28.6 Å². The molecule has 0 fully saturated rings. The van der Waals surface area contributed by atoms with Crippen molar-refractivity contribution in [2.45, 2.75) is 50.8 Å². The first kappa shape index (κ1) is 19.9. The Balaban J connectivity index is 1.90. The number of aryl methyl sites for hydroxylation is 1. The highest BCUT2D eigenvalue weighted by Gasteiger charge is 2.29. The number of benzene rings is 1. The van der Waals surface area contributed by atoms with Gasteiger partial charge in [0.1, 0.15) is 5.75 Å². The number of aromatic nitrogens is 2. The van der Waals surface area contributed by atoms with Crippen molar-refractivity contribution in [3.05, 3.63) is 42.0 Å². The van der Waals surface area contributed by atoms with Crippen molar-refractivity contribution in [1.29, 1.82) is 0 Å². The fourth-order valence-electron chi connectivity index (χ4n) is 3.15. The molecule has 0 amide bonds. The van der Waals surface area contributed by atoms with Gasteiger partial charge < -0.3 is 9.30 Å². The number of fused-ring (bicyclic) bond motifs is 1. The van der Waals surface area contributed by atoms with Crippen LogP contribution >= 0.6 is 0 Å². The summed E-state index contributed by atoms with van der Waals surface area (Å²) in [5, 5.41) is 0. The highest BCUT2D eigenvalue weighted by atomic mass is 32.2. The lowest BCUT2D eigenvalue weighted by Gasteiger charge is -2.23. The van der Waals surface area contributed by atoms with E-state index >= 15 is 0 Å². The average molecular weight is 393 g/mol. The summed E-state index contributed by atoms with van der Waals surface area (Å²) in [5.74, 6) is 0.537. The van der Waals surface area contributed by atoms with Gasteiger partial charge in [-0.25, -0.2) is 13.4 Å². The van der Waals surface area contributed by atoms with E-state index in [1.807, 2.05) is 6.33 Å². The van der Waals surface area contributed by atoms with E-state index in [1.165, 1.54) is 7.11 Å². The number of imidazole rings is 1. The lowest BCUT2D eigenvalue weighted by atomic mass is 10.2. The molecule has 7 nitrogen and oxygen atoms in total. The second kappa shape index (κ2) is 8.00. The van der Waals surface area contributed by atoms with Crippen molar-refractivity contribution >= 4 is 10.0 Å². The minimum atomic E-state index is -3.60. The molecule has 3 rings (SSSR count). The van der Waals surface area contributed by atoms with Gasteiger partial charge in [0.15, 0.2) is 0 Å². The standard InChI is InChI=1S/C19H28N4O3S/c1-15(2)21(3)12-18-19-13-23(10-6-9-22(19)14-20-18)27(24,25)17-8-5-7-16(11-17)26-4/h5,7-8,11,14-15H,6,9-10,12-13H2,1-4H3. The predicted molar refractivity (Wildman–Crippen MR) is 104 cm³/mol. The summed E-state index contributed by atoms with van der Waals surface area (Å²) in [6.45, 7) is 6.56. The number of ether oxygens (including phenoxy) is 1. The molecule has 0 aliphatic carbocycles. The van der Waals surface area contributed by atoms with Crippen LogP contribution in [0.25, 0.3) is 0 Å². The molecule has 8 heteroatoms. The summed E-state index contributed by atoms with van der Waals surface area (Å²) in [6, 6.07) is 7.04. The van der Waals surface area contributed by atoms with Gasteiger partial charge in [0.2, 0.25) is 10.0 Å². The van der Waals surface area contributed by atoms with E-state index in [9.17, 15) is 8.42 Å². The lowest BCUT2D eigenvalue weighted by molar-refractivity contribution is 0.261. The number of sulfonamides is 1. The Morgan fingerprint density at radius 3 is 2.78 bits per heavy atom. The molecule has 0 saturated heterocycles. The molecule has 0 N–H and O–H groups in total. The van der Waals surface area contributed by atoms with Gasteiger partial charge in [-0.3, -0.25) is 4.90 Å². The van der Waals surface area contributed by atoms with Crippen LogP contribution in [0.2, 0.25) is 0 Å². The van der Waals surface area contributed by atoms with Gasteiger partial charge in [0.05, 0.1) is 36.3 Å².